The molecule has 0 atom stereocenters. The molecule has 0 aliphatic carbocycles. The molecule has 0 N–H and O–H groups in total. The van der Waals surface area contributed by atoms with Crippen LogP contribution in [0.1, 0.15) is 62.3 Å². The number of hydrogen-bond acceptors (Lipinski definition) is 0. The fraction of sp³-hybridized carbons (Fsp3) is 0.667. The minimum Gasteiger partial charge on any atom is 0 e. The van der Waals surface area contributed by atoms with E-state index < -0.39 is 0 Å². The molecule has 0 aliphatic heterocycles. The summed E-state index contributed by atoms with van der Waals surface area (Å²) in [5.74, 6) is 0. The van der Waals surface area contributed by atoms with Gasteiger partial charge in [-0.3, -0.25) is 0 Å². The van der Waals surface area contributed by atoms with Gasteiger partial charge in [0, 0.05) is 79.7 Å². The fourth-order valence-corrected chi connectivity index (χ4v) is 0. The summed E-state index contributed by atoms with van der Waals surface area (Å²) in [6.07, 6.45) is 0. The Labute approximate surface area is 164 Å². The molecule has 0 rings (SSSR count). The van der Waals surface area contributed by atoms with E-state index in [4.69, 9.17) is 33.7 Å². The molecule has 138 valence electrons. The summed E-state index contributed by atoms with van der Waals surface area (Å²) in [6, 6.07) is 0. The van der Waals surface area contributed by atoms with Crippen LogP contribution in [0.2, 0.25) is 0 Å². The summed E-state index contributed by atoms with van der Waals surface area (Å²) in [7, 11) is 0. The van der Waals surface area contributed by atoms with Crippen LogP contribution in [0.4, 0.5) is 0 Å². The number of hydrogen-bond donors (Lipinski definition) is 0. The first kappa shape index (κ1) is 43.6. The smallest absolute Gasteiger partial charge is 0 e. The molecule has 6 nitrogen and oxygen atoms in total. The molecule has 0 aromatic rings. The molecule has 0 saturated carbocycles. The van der Waals surface area contributed by atoms with Crippen LogP contribution in [0, 0.1) is 39.7 Å². The van der Waals surface area contributed by atoms with E-state index in [1.165, 1.54) is 0 Å². The summed E-state index contributed by atoms with van der Waals surface area (Å²) in [5, 5.41) is 0. The van der Waals surface area contributed by atoms with Gasteiger partial charge in [0.25, 0.3) is 0 Å². The van der Waals surface area contributed by atoms with Gasteiger partial charge in [0.15, 0.2) is 0 Å². The van der Waals surface area contributed by atoms with Crippen LogP contribution in [0.25, 0.3) is 14.5 Å². The van der Waals surface area contributed by atoms with Crippen molar-refractivity contribution in [3.05, 3.63) is 54.2 Å². The zero-order chi connectivity index (χ0) is 21.6. The van der Waals surface area contributed by atoms with Crippen LogP contribution in [-0.2, 0) is 31.3 Å². The van der Waals surface area contributed by atoms with Crippen LogP contribution >= 0.6 is 0 Å². The van der Waals surface area contributed by atoms with Crippen LogP contribution < -0.4 is 0 Å². The largest absolute Gasteiger partial charge is 0 e. The Balaban J connectivity index is -0.0000000331. The third-order valence-electron chi connectivity index (χ3n) is 1.01. The van der Waals surface area contributed by atoms with Gasteiger partial charge in [0.05, 0.1) is 0 Å². The van der Waals surface area contributed by atoms with E-state index in [1.807, 2.05) is 62.3 Å². The maximum Gasteiger partial charge on any atom is 0 e. The van der Waals surface area contributed by atoms with E-state index >= 15 is 0 Å². The predicted octanol–water partition coefficient (Wildman–Crippen LogP) is 5.00. The molecule has 7 heteroatoms. The Morgan fingerprint density at radius 1 is 0.440 bits per heavy atom. The number of rotatable bonds is 0. The molecule has 0 radical (unpaired) electrons. The molecule has 0 aromatic carbocycles. The van der Waals surface area contributed by atoms with Crippen LogP contribution in [0.5, 0.6) is 0 Å². The van der Waals surface area contributed by atoms with Gasteiger partial charge >= 0.3 is 33.9 Å². The Morgan fingerprint density at radius 3 is 0.480 bits per heavy atom. The van der Waals surface area contributed by atoms with Gasteiger partial charge < -0.3 is 14.5 Å². The molecule has 0 saturated heterocycles. The second-order valence-electron chi connectivity index (χ2n) is 6.85. The Hall–Kier alpha value is -1.78. The predicted molar refractivity (Wildman–Crippen MR) is 90.9 cm³/mol. The first-order valence-corrected chi connectivity index (χ1v) is 6.45. The zero-order valence-electron chi connectivity index (χ0n) is 16.5. The van der Waals surface area contributed by atoms with Crippen molar-refractivity contribution in [2.75, 3.05) is 0 Å². The molecule has 0 bridgehead atoms. The number of nitrogens with zero attached hydrogens (tertiary/aromatic N) is 3. The summed E-state index contributed by atoms with van der Waals surface area (Å²) >= 11 is 0. The SMILES string of the molecule is [C-]#[N+]C(C)(C)C.[C-]#[N+]C(C)(C)C.[C-]#[N+]C(C)(C)C.[C-]#[O+].[C-]#[O+].[C-]#[O+].[Cr]. The minimum absolute atomic E-state index is 0. The Morgan fingerprint density at radius 2 is 0.480 bits per heavy atom. The van der Waals surface area contributed by atoms with Gasteiger partial charge in [-0.15, -0.1) is 0 Å². The topological polar surface area (TPSA) is 72.8 Å². The average molecular weight is 385 g/mol. The minimum atomic E-state index is -0.167. The van der Waals surface area contributed by atoms with Crippen molar-refractivity contribution in [1.29, 1.82) is 0 Å². The van der Waals surface area contributed by atoms with Crippen molar-refractivity contribution in [1.82, 2.24) is 0 Å². The molecule has 0 fully saturated rings. The van der Waals surface area contributed by atoms with Crippen molar-refractivity contribution >= 4 is 0 Å². The average Bonchev–Trinajstić information content (AvgIpc) is 2.52. The maximum absolute atomic E-state index is 7.50. The standard InChI is InChI=1S/3C5H9N.3CO.Cr/c3*1-5(2,3)6-4;3*1-2;/h3*1-3H3;;;;. The van der Waals surface area contributed by atoms with Crippen molar-refractivity contribution in [2.45, 2.75) is 78.9 Å². The van der Waals surface area contributed by atoms with Crippen molar-refractivity contribution < 1.29 is 31.3 Å². The second-order valence-corrected chi connectivity index (χ2v) is 6.85. The summed E-state index contributed by atoms with van der Waals surface area (Å²) in [6.45, 7) is 49.9. The van der Waals surface area contributed by atoms with Gasteiger partial charge in [0.1, 0.15) is 0 Å². The van der Waals surface area contributed by atoms with Crippen molar-refractivity contribution in [3.8, 4) is 0 Å². The molecular formula is C18H27CrN3O3. The van der Waals surface area contributed by atoms with Gasteiger partial charge in [-0.25, -0.2) is 19.7 Å². The van der Waals surface area contributed by atoms with Crippen LogP contribution in [-0.4, -0.2) is 16.6 Å². The van der Waals surface area contributed by atoms with Crippen molar-refractivity contribution in [2.24, 2.45) is 0 Å². The quantitative estimate of drug-likeness (QED) is 0.416. The van der Waals surface area contributed by atoms with E-state index in [0.717, 1.165) is 0 Å². The van der Waals surface area contributed by atoms with Gasteiger partial charge in [-0.2, -0.15) is 0 Å². The van der Waals surface area contributed by atoms with Gasteiger partial charge in [-0.05, 0) is 0 Å². The molecule has 0 heterocycles. The van der Waals surface area contributed by atoms with E-state index in [9.17, 15) is 0 Å². The summed E-state index contributed by atoms with van der Waals surface area (Å²) in [5.41, 5.74) is -0.500. The van der Waals surface area contributed by atoms with Gasteiger partial charge in [-0.1, -0.05) is 0 Å². The van der Waals surface area contributed by atoms with Gasteiger partial charge in [0.2, 0.25) is 16.6 Å². The van der Waals surface area contributed by atoms with Crippen molar-refractivity contribution in [3.63, 3.8) is 0 Å². The van der Waals surface area contributed by atoms with E-state index in [-0.39, 0.29) is 34.0 Å². The molecule has 25 heavy (non-hydrogen) atoms. The second kappa shape index (κ2) is 27.1. The van der Waals surface area contributed by atoms with E-state index in [2.05, 4.69) is 34.5 Å². The molecule has 0 amide bonds. The monoisotopic (exact) mass is 385 g/mol. The molecule has 0 spiro atoms. The third kappa shape index (κ3) is 174. The Bertz CT molecular complexity index is 383. The molecule has 0 aliphatic rings. The van der Waals surface area contributed by atoms with Crippen LogP contribution in [0.3, 0.4) is 0 Å². The zero-order valence-corrected chi connectivity index (χ0v) is 17.7. The molecular weight excluding hydrogens is 358 g/mol. The maximum atomic E-state index is 7.50. The Kier molecular flexibility index (Phi) is 47.2. The summed E-state index contributed by atoms with van der Waals surface area (Å²) in [4.78, 5) is 9.81. The van der Waals surface area contributed by atoms with E-state index in [0.29, 0.717) is 0 Å². The molecule has 0 aromatic heterocycles. The third-order valence-corrected chi connectivity index (χ3v) is 1.01. The van der Waals surface area contributed by atoms with Crippen LogP contribution in [0.15, 0.2) is 0 Å². The van der Waals surface area contributed by atoms with E-state index in [1.54, 1.807) is 0 Å². The first-order valence-electron chi connectivity index (χ1n) is 6.45. The molecule has 0 unspecified atom stereocenters. The first-order chi connectivity index (χ1) is 10.7. The normalized spacial score (nSPS) is 7.68. The summed E-state index contributed by atoms with van der Waals surface area (Å²) < 4.78 is 22.5. The fourth-order valence-electron chi connectivity index (χ4n) is 0.